The van der Waals surface area contributed by atoms with E-state index in [4.69, 9.17) is 5.73 Å². The lowest BCUT2D eigenvalue weighted by Crippen LogP contribution is -2.09. The van der Waals surface area contributed by atoms with Crippen LogP contribution in [0.2, 0.25) is 0 Å². The van der Waals surface area contributed by atoms with Crippen LogP contribution in [0.1, 0.15) is 0 Å². The first-order valence-corrected chi connectivity index (χ1v) is 7.41. The molecule has 1 heterocycles. The minimum atomic E-state index is -3.90. The number of nitrogens with two attached hydrogens (primary N) is 1. The molecule has 22 heavy (non-hydrogen) atoms. The smallest absolute Gasteiger partial charge is 0.186 e. The number of sulfone groups is 1. The number of nitrogens with zero attached hydrogens (tertiary/aromatic N) is 1. The Hall–Kier alpha value is -1.28. The highest BCUT2D eigenvalue weighted by Gasteiger charge is 2.20. The summed E-state index contributed by atoms with van der Waals surface area (Å²) in [5.41, 5.74) is 5.25. The summed E-state index contributed by atoms with van der Waals surface area (Å²) in [6, 6.07) is 5.49. The molecule has 0 amide bonds. The van der Waals surface area contributed by atoms with E-state index in [1.165, 1.54) is 24.3 Å². The molecule has 0 bridgehead atoms. The van der Waals surface area contributed by atoms with Gasteiger partial charge in [-0.05, 0) is 18.2 Å². The number of hydrogen-bond donors (Lipinski definition) is 1. The fourth-order valence-corrected chi connectivity index (χ4v) is 3.19. The van der Waals surface area contributed by atoms with Crippen LogP contribution in [-0.4, -0.2) is 25.7 Å². The van der Waals surface area contributed by atoms with Crippen molar-refractivity contribution in [2.75, 3.05) is 12.3 Å². The Labute approximate surface area is 139 Å². The van der Waals surface area contributed by atoms with E-state index in [1.807, 2.05) is 0 Å². The summed E-state index contributed by atoms with van der Waals surface area (Å²) in [6.07, 6.45) is 1.92. The van der Waals surface area contributed by atoms with Crippen molar-refractivity contribution in [3.8, 4) is 0 Å². The number of hydrogen-bond acceptors (Lipinski definition) is 4. The molecule has 2 N–H and O–H groups in total. The summed E-state index contributed by atoms with van der Waals surface area (Å²) in [4.78, 5) is 3.65. The Kier molecular flexibility index (Phi) is 7.89. The third-order valence-corrected chi connectivity index (χ3v) is 4.30. The lowest BCUT2D eigenvalue weighted by molar-refractivity contribution is 0.583. The highest BCUT2D eigenvalue weighted by atomic mass is 35.5. The first-order chi connectivity index (χ1) is 9.44. The van der Waals surface area contributed by atoms with Crippen LogP contribution in [0.4, 0.5) is 8.78 Å². The maximum absolute atomic E-state index is 13.4. The first kappa shape index (κ1) is 20.7. The van der Waals surface area contributed by atoms with Crippen LogP contribution >= 0.6 is 24.8 Å². The third kappa shape index (κ3) is 4.61. The van der Waals surface area contributed by atoms with E-state index in [1.54, 1.807) is 0 Å². The van der Waals surface area contributed by atoms with Gasteiger partial charge in [0.05, 0.1) is 16.6 Å². The number of halogens is 4. The van der Waals surface area contributed by atoms with E-state index in [-0.39, 0.29) is 41.8 Å². The summed E-state index contributed by atoms with van der Waals surface area (Å²) in [7, 11) is -3.90. The minimum Gasteiger partial charge on any atom is -0.327 e. The van der Waals surface area contributed by atoms with E-state index in [9.17, 15) is 17.2 Å². The SMILES string of the molecule is Cl.Cl.NC/C=C(\F)CS(=O)(=O)c1cccc2cc(F)cnc12. The van der Waals surface area contributed by atoms with Gasteiger partial charge >= 0.3 is 0 Å². The van der Waals surface area contributed by atoms with Gasteiger partial charge in [0.1, 0.15) is 17.4 Å². The number of rotatable bonds is 4. The highest BCUT2D eigenvalue weighted by Crippen LogP contribution is 2.23. The molecule has 0 saturated heterocycles. The van der Waals surface area contributed by atoms with Crippen LogP contribution in [-0.2, 0) is 9.84 Å². The highest BCUT2D eigenvalue weighted by molar-refractivity contribution is 7.91. The second-order valence-electron chi connectivity index (χ2n) is 4.13. The zero-order chi connectivity index (χ0) is 14.8. The molecule has 0 aliphatic heterocycles. The van der Waals surface area contributed by atoms with Crippen LogP contribution in [0.3, 0.4) is 0 Å². The Bertz CT molecular complexity index is 783. The monoisotopic (exact) mass is 370 g/mol. The van der Waals surface area contributed by atoms with Crippen molar-refractivity contribution in [3.05, 3.63) is 48.2 Å². The minimum absolute atomic E-state index is 0. The van der Waals surface area contributed by atoms with Crippen LogP contribution in [0.15, 0.2) is 47.3 Å². The number of benzene rings is 1. The van der Waals surface area contributed by atoms with Gasteiger partial charge in [0.2, 0.25) is 0 Å². The molecule has 0 aliphatic carbocycles. The van der Waals surface area contributed by atoms with Crippen LogP contribution in [0.25, 0.3) is 10.9 Å². The summed E-state index contributed by atoms with van der Waals surface area (Å²) >= 11 is 0. The second-order valence-corrected chi connectivity index (χ2v) is 6.09. The summed E-state index contributed by atoms with van der Waals surface area (Å²) in [5, 5.41) is 0.342. The average molecular weight is 371 g/mol. The van der Waals surface area contributed by atoms with Crippen molar-refractivity contribution in [2.45, 2.75) is 4.90 Å². The molecular weight excluding hydrogens is 357 g/mol. The van der Waals surface area contributed by atoms with Gasteiger partial charge in [0, 0.05) is 11.9 Å². The van der Waals surface area contributed by atoms with Crippen molar-refractivity contribution < 1.29 is 17.2 Å². The lowest BCUT2D eigenvalue weighted by atomic mass is 10.2. The fourth-order valence-electron chi connectivity index (χ4n) is 1.80. The van der Waals surface area contributed by atoms with Gasteiger partial charge in [-0.3, -0.25) is 4.98 Å². The van der Waals surface area contributed by atoms with Gasteiger partial charge in [-0.2, -0.15) is 0 Å². The van der Waals surface area contributed by atoms with E-state index in [2.05, 4.69) is 4.98 Å². The largest absolute Gasteiger partial charge is 0.327 e. The molecule has 4 nitrogen and oxygen atoms in total. The van der Waals surface area contributed by atoms with Crippen LogP contribution in [0, 0.1) is 5.82 Å². The van der Waals surface area contributed by atoms with Gasteiger partial charge in [-0.25, -0.2) is 17.2 Å². The molecule has 9 heteroatoms. The maximum atomic E-state index is 13.4. The Morgan fingerprint density at radius 1 is 1.32 bits per heavy atom. The predicted molar refractivity (Wildman–Crippen MR) is 86.5 cm³/mol. The summed E-state index contributed by atoms with van der Waals surface area (Å²) < 4.78 is 50.8. The second kappa shape index (κ2) is 8.38. The van der Waals surface area contributed by atoms with Crippen molar-refractivity contribution >= 4 is 45.6 Å². The quantitative estimate of drug-likeness (QED) is 0.897. The van der Waals surface area contributed by atoms with E-state index < -0.39 is 27.2 Å². The zero-order valence-corrected chi connectivity index (χ0v) is 13.6. The molecule has 1 aromatic carbocycles. The molecule has 0 fully saturated rings. The molecule has 2 rings (SSSR count). The zero-order valence-electron chi connectivity index (χ0n) is 11.2. The molecule has 0 unspecified atom stereocenters. The van der Waals surface area contributed by atoms with Gasteiger partial charge in [0.25, 0.3) is 0 Å². The lowest BCUT2D eigenvalue weighted by Gasteiger charge is -2.06. The molecule has 0 atom stereocenters. The van der Waals surface area contributed by atoms with E-state index >= 15 is 0 Å². The van der Waals surface area contributed by atoms with Crippen LogP contribution < -0.4 is 5.73 Å². The Morgan fingerprint density at radius 2 is 2.00 bits per heavy atom. The third-order valence-electron chi connectivity index (χ3n) is 2.64. The van der Waals surface area contributed by atoms with Crippen molar-refractivity contribution in [2.24, 2.45) is 5.73 Å². The van der Waals surface area contributed by atoms with Crippen molar-refractivity contribution in [1.82, 2.24) is 4.98 Å². The molecule has 0 radical (unpaired) electrons. The average Bonchev–Trinajstić information content (AvgIpc) is 2.37. The van der Waals surface area contributed by atoms with Gasteiger partial charge < -0.3 is 5.73 Å². The number of fused-ring (bicyclic) bond motifs is 1. The normalized spacial score (nSPS) is 11.7. The number of pyridine rings is 1. The topological polar surface area (TPSA) is 73.1 Å². The van der Waals surface area contributed by atoms with Crippen LogP contribution in [0.5, 0.6) is 0 Å². The van der Waals surface area contributed by atoms with Crippen molar-refractivity contribution in [3.63, 3.8) is 0 Å². The Balaban J connectivity index is 0.00000220. The molecule has 1 aromatic heterocycles. The molecular formula is C13H14Cl2F2N2O2S. The van der Waals surface area contributed by atoms with Gasteiger partial charge in [-0.15, -0.1) is 24.8 Å². The molecule has 0 saturated carbocycles. The predicted octanol–water partition coefficient (Wildman–Crippen LogP) is 2.80. The van der Waals surface area contributed by atoms with E-state index in [0.717, 1.165) is 12.3 Å². The first-order valence-electron chi connectivity index (χ1n) is 5.75. The van der Waals surface area contributed by atoms with Gasteiger partial charge in [0.15, 0.2) is 9.84 Å². The molecule has 2 aromatic rings. The Morgan fingerprint density at radius 3 is 2.64 bits per heavy atom. The van der Waals surface area contributed by atoms with E-state index in [0.29, 0.717) is 5.39 Å². The number of aromatic nitrogens is 1. The number of para-hydroxylation sites is 1. The molecule has 0 aliphatic rings. The van der Waals surface area contributed by atoms with Crippen molar-refractivity contribution in [1.29, 1.82) is 0 Å². The molecule has 0 spiro atoms. The van der Waals surface area contributed by atoms with Gasteiger partial charge in [-0.1, -0.05) is 12.1 Å². The summed E-state index contributed by atoms with van der Waals surface area (Å²) in [5.74, 6) is -2.18. The fraction of sp³-hybridized carbons (Fsp3) is 0.154. The maximum Gasteiger partial charge on any atom is 0.186 e. The summed E-state index contributed by atoms with van der Waals surface area (Å²) in [6.45, 7) is -0.0830. The standard InChI is InChI=1S/C13H12F2N2O2S.2ClH/c14-10(4-5-16)8-20(18,19)12-3-1-2-9-6-11(15)7-17-13(9)12;;/h1-4,6-7H,5,8,16H2;2*1H/b10-4-;;. The molecule has 122 valence electrons.